The Bertz CT molecular complexity index is 1100. The molecule has 1 aromatic heterocycles. The number of aliphatic hydroxyl groups is 1. The van der Waals surface area contributed by atoms with Gasteiger partial charge in [-0.15, -0.1) is 0 Å². The molecule has 1 aliphatic heterocycles. The molecule has 7 nitrogen and oxygen atoms in total. The van der Waals surface area contributed by atoms with Crippen LogP contribution in [-0.2, 0) is 13.1 Å². The van der Waals surface area contributed by atoms with Crippen molar-refractivity contribution >= 4 is 0 Å². The molecule has 0 spiro atoms. The topological polar surface area (TPSA) is 69.0 Å². The van der Waals surface area contributed by atoms with Crippen LogP contribution >= 0.6 is 0 Å². The van der Waals surface area contributed by atoms with Crippen LogP contribution < -0.4 is 14.2 Å². The molecule has 0 aliphatic carbocycles. The fraction of sp³-hybridized carbons (Fsp3) is 0.483. The summed E-state index contributed by atoms with van der Waals surface area (Å²) >= 11 is 0. The summed E-state index contributed by atoms with van der Waals surface area (Å²) in [4.78, 5) is 2.40. The fourth-order valence-corrected chi connectivity index (χ4v) is 4.74. The highest BCUT2D eigenvalue weighted by atomic mass is 16.5. The predicted molar refractivity (Wildman–Crippen MR) is 141 cm³/mol. The molecule has 1 N–H and O–H groups in total. The summed E-state index contributed by atoms with van der Waals surface area (Å²) in [5, 5.41) is 15.4. The molecule has 0 bridgehead atoms. The average molecular weight is 494 g/mol. The highest BCUT2D eigenvalue weighted by Gasteiger charge is 2.31. The van der Waals surface area contributed by atoms with Crippen molar-refractivity contribution in [3.8, 4) is 17.2 Å². The minimum absolute atomic E-state index is 0.324. The van der Waals surface area contributed by atoms with Gasteiger partial charge >= 0.3 is 0 Å². The van der Waals surface area contributed by atoms with E-state index in [4.69, 9.17) is 14.2 Å². The van der Waals surface area contributed by atoms with Crippen LogP contribution in [0.15, 0.2) is 54.9 Å². The molecule has 36 heavy (non-hydrogen) atoms. The van der Waals surface area contributed by atoms with Crippen molar-refractivity contribution < 1.29 is 19.3 Å². The zero-order chi connectivity index (χ0) is 25.4. The van der Waals surface area contributed by atoms with Gasteiger partial charge in [0.05, 0.1) is 19.3 Å². The molecule has 194 valence electrons. The number of aryl methyl sites for hydroxylation is 3. The number of hydrogen-bond donors (Lipinski definition) is 1. The van der Waals surface area contributed by atoms with E-state index in [1.54, 1.807) is 13.3 Å². The lowest BCUT2D eigenvalue weighted by Gasteiger charge is -2.27. The maximum atomic E-state index is 11.2. The van der Waals surface area contributed by atoms with Gasteiger partial charge in [0, 0.05) is 38.4 Å². The van der Waals surface area contributed by atoms with Gasteiger partial charge in [-0.1, -0.05) is 23.8 Å². The Labute approximate surface area is 214 Å². The molecular weight excluding hydrogens is 454 g/mol. The summed E-state index contributed by atoms with van der Waals surface area (Å²) < 4.78 is 19.5. The van der Waals surface area contributed by atoms with E-state index >= 15 is 0 Å². The maximum absolute atomic E-state index is 11.2. The van der Waals surface area contributed by atoms with Crippen LogP contribution in [0.3, 0.4) is 0 Å². The number of ether oxygens (including phenoxy) is 3. The van der Waals surface area contributed by atoms with Gasteiger partial charge in [0.15, 0.2) is 11.5 Å². The predicted octanol–water partition coefficient (Wildman–Crippen LogP) is 4.77. The van der Waals surface area contributed by atoms with E-state index in [1.807, 2.05) is 42.1 Å². The van der Waals surface area contributed by atoms with Crippen LogP contribution in [0.4, 0.5) is 0 Å². The van der Waals surface area contributed by atoms with Crippen molar-refractivity contribution in [2.24, 2.45) is 0 Å². The Hall–Kier alpha value is -3.03. The van der Waals surface area contributed by atoms with E-state index in [0.29, 0.717) is 19.6 Å². The second-order valence-corrected chi connectivity index (χ2v) is 9.87. The molecule has 0 radical (unpaired) electrons. The number of benzene rings is 2. The maximum Gasteiger partial charge on any atom is 0.161 e. The zero-order valence-corrected chi connectivity index (χ0v) is 21.8. The lowest BCUT2D eigenvalue weighted by Crippen LogP contribution is -2.37. The quantitative estimate of drug-likeness (QED) is 0.388. The number of hydrogen-bond acceptors (Lipinski definition) is 6. The van der Waals surface area contributed by atoms with Crippen LogP contribution in [0.1, 0.15) is 42.4 Å². The first-order chi connectivity index (χ1) is 17.4. The van der Waals surface area contributed by atoms with Gasteiger partial charge in [-0.25, -0.2) is 0 Å². The third-order valence-electron chi connectivity index (χ3n) is 6.82. The second kappa shape index (κ2) is 12.3. The number of rotatable bonds is 11. The SMILES string of the molecule is COc1cc(CN2CCC[C@](O)(COc3ccc(C)cc3C)CC2)ccc1OCCCn1cccn1. The van der Waals surface area contributed by atoms with Crippen molar-refractivity contribution in [1.82, 2.24) is 14.7 Å². The van der Waals surface area contributed by atoms with Gasteiger partial charge in [-0.3, -0.25) is 9.58 Å². The third kappa shape index (κ3) is 7.24. The van der Waals surface area contributed by atoms with Gasteiger partial charge in [0.2, 0.25) is 0 Å². The summed E-state index contributed by atoms with van der Waals surface area (Å²) in [7, 11) is 1.68. The van der Waals surface area contributed by atoms with E-state index < -0.39 is 5.60 Å². The van der Waals surface area contributed by atoms with Crippen molar-refractivity contribution in [3.05, 3.63) is 71.5 Å². The Morgan fingerprint density at radius 3 is 2.64 bits per heavy atom. The molecular formula is C29H39N3O4. The first-order valence-electron chi connectivity index (χ1n) is 12.9. The number of nitrogens with zero attached hydrogens (tertiary/aromatic N) is 3. The molecule has 1 fully saturated rings. The highest BCUT2D eigenvalue weighted by Crippen LogP contribution is 2.30. The normalized spacial score (nSPS) is 18.6. The zero-order valence-electron chi connectivity index (χ0n) is 21.8. The van der Waals surface area contributed by atoms with Crippen LogP contribution in [-0.4, -0.2) is 58.8 Å². The third-order valence-corrected chi connectivity index (χ3v) is 6.82. The lowest BCUT2D eigenvalue weighted by molar-refractivity contribution is -0.0170. The first-order valence-corrected chi connectivity index (χ1v) is 12.9. The van der Waals surface area contributed by atoms with Gasteiger partial charge < -0.3 is 19.3 Å². The van der Waals surface area contributed by atoms with Crippen LogP contribution in [0, 0.1) is 13.8 Å². The van der Waals surface area contributed by atoms with Crippen molar-refractivity contribution in [2.75, 3.05) is 33.4 Å². The monoisotopic (exact) mass is 493 g/mol. The van der Waals surface area contributed by atoms with Gasteiger partial charge in [0.25, 0.3) is 0 Å². The Morgan fingerprint density at radius 2 is 1.86 bits per heavy atom. The molecule has 3 aromatic rings. The van der Waals surface area contributed by atoms with E-state index in [1.165, 1.54) is 11.1 Å². The Kier molecular flexibility index (Phi) is 8.88. The molecule has 2 heterocycles. The Morgan fingerprint density at radius 1 is 1.00 bits per heavy atom. The molecule has 4 rings (SSSR count). The van der Waals surface area contributed by atoms with Crippen LogP contribution in [0.2, 0.25) is 0 Å². The summed E-state index contributed by atoms with van der Waals surface area (Å²) in [5.41, 5.74) is 2.68. The molecule has 1 saturated heterocycles. The van der Waals surface area contributed by atoms with Gasteiger partial charge in [-0.2, -0.15) is 5.10 Å². The molecule has 2 aromatic carbocycles. The van der Waals surface area contributed by atoms with Crippen molar-refractivity contribution in [2.45, 2.75) is 58.2 Å². The summed E-state index contributed by atoms with van der Waals surface area (Å²) in [6.45, 7) is 8.45. The summed E-state index contributed by atoms with van der Waals surface area (Å²) in [6.07, 6.45) is 6.97. The number of aromatic nitrogens is 2. The smallest absolute Gasteiger partial charge is 0.161 e. The second-order valence-electron chi connectivity index (χ2n) is 9.87. The first kappa shape index (κ1) is 26.0. The van der Waals surface area contributed by atoms with E-state index in [0.717, 1.165) is 68.3 Å². The molecule has 7 heteroatoms. The molecule has 1 aliphatic rings. The summed E-state index contributed by atoms with van der Waals surface area (Å²) in [5.74, 6) is 2.36. The van der Waals surface area contributed by atoms with Crippen LogP contribution in [0.5, 0.6) is 17.2 Å². The molecule has 0 unspecified atom stereocenters. The lowest BCUT2D eigenvalue weighted by atomic mass is 9.96. The average Bonchev–Trinajstić information content (AvgIpc) is 3.32. The van der Waals surface area contributed by atoms with Crippen LogP contribution in [0.25, 0.3) is 0 Å². The van der Waals surface area contributed by atoms with E-state index in [9.17, 15) is 5.11 Å². The molecule has 1 atom stereocenters. The summed E-state index contributed by atoms with van der Waals surface area (Å²) in [6, 6.07) is 14.2. The van der Waals surface area contributed by atoms with E-state index in [2.05, 4.69) is 35.1 Å². The standard InChI is InChI=1S/C29H39N3O4/c1-23-7-9-26(24(2)19-23)36-22-29(33)11-4-14-31(17-12-29)21-25-8-10-27(28(20-25)34-3)35-18-6-16-32-15-5-13-30-32/h5,7-10,13,15,19-20,33H,4,6,11-12,14,16-18,21-22H2,1-3H3/t29-/m1/s1. The Balaban J connectivity index is 1.27. The highest BCUT2D eigenvalue weighted by molar-refractivity contribution is 5.43. The minimum atomic E-state index is -0.808. The van der Waals surface area contributed by atoms with E-state index in [-0.39, 0.29) is 0 Å². The van der Waals surface area contributed by atoms with Crippen molar-refractivity contribution in [3.63, 3.8) is 0 Å². The van der Waals surface area contributed by atoms with Crippen molar-refractivity contribution in [1.29, 1.82) is 0 Å². The largest absolute Gasteiger partial charge is 0.493 e. The van der Waals surface area contributed by atoms with Gasteiger partial charge in [0.1, 0.15) is 12.4 Å². The molecule has 0 amide bonds. The fourth-order valence-electron chi connectivity index (χ4n) is 4.74. The van der Waals surface area contributed by atoms with Gasteiger partial charge in [-0.05, 0) is 75.0 Å². The molecule has 0 saturated carbocycles. The minimum Gasteiger partial charge on any atom is -0.493 e. The number of likely N-dealkylation sites (tertiary alicyclic amines) is 1. The number of methoxy groups -OCH3 is 1.